The average molecular weight is 279 g/mol. The molecular formula is C12H15BrMgO. The van der Waals surface area contributed by atoms with Crippen LogP contribution in [-0.4, -0.2) is 29.2 Å². The first-order valence-electron chi connectivity index (χ1n) is 5.08. The van der Waals surface area contributed by atoms with Crippen molar-refractivity contribution in [3.05, 3.63) is 30.3 Å². The van der Waals surface area contributed by atoms with Crippen LogP contribution in [0.25, 0.3) is 0 Å². The Bertz CT molecular complexity index is 247. The molecule has 0 spiro atoms. The van der Waals surface area contributed by atoms with Gasteiger partial charge < -0.3 is 21.7 Å². The fraction of sp³-hybridized carbons (Fsp3) is 0.500. The molecule has 2 rings (SSSR count). The summed E-state index contributed by atoms with van der Waals surface area (Å²) in [4.78, 5) is 0. The van der Waals surface area contributed by atoms with E-state index in [4.69, 9.17) is 4.74 Å². The van der Waals surface area contributed by atoms with E-state index in [0.29, 0.717) is 6.10 Å². The van der Waals surface area contributed by atoms with Gasteiger partial charge in [0.05, 0.1) is 6.10 Å². The molecule has 3 heteroatoms. The van der Waals surface area contributed by atoms with Gasteiger partial charge in [-0.05, 0) is 25.7 Å². The van der Waals surface area contributed by atoms with Gasteiger partial charge in [-0.1, -0.05) is 6.42 Å². The van der Waals surface area contributed by atoms with Crippen LogP contribution in [0.4, 0.5) is 0 Å². The van der Waals surface area contributed by atoms with Gasteiger partial charge >= 0.3 is 23.1 Å². The third-order valence-corrected chi connectivity index (χ3v) is 2.53. The van der Waals surface area contributed by atoms with Crippen LogP contribution in [0.1, 0.15) is 32.1 Å². The predicted molar refractivity (Wildman–Crippen MR) is 58.5 cm³/mol. The van der Waals surface area contributed by atoms with Crippen LogP contribution in [0.2, 0.25) is 0 Å². The zero-order valence-corrected chi connectivity index (χ0v) is 11.9. The van der Waals surface area contributed by atoms with Crippen molar-refractivity contribution in [2.75, 3.05) is 0 Å². The van der Waals surface area contributed by atoms with Crippen LogP contribution in [0.3, 0.4) is 0 Å². The second-order valence-electron chi connectivity index (χ2n) is 3.60. The van der Waals surface area contributed by atoms with Crippen molar-refractivity contribution in [1.29, 1.82) is 0 Å². The maximum Gasteiger partial charge on any atom is 2.00 e. The molecule has 0 unspecified atom stereocenters. The van der Waals surface area contributed by atoms with Crippen LogP contribution in [0.5, 0.6) is 5.75 Å². The number of rotatable bonds is 2. The summed E-state index contributed by atoms with van der Waals surface area (Å²) in [5, 5.41) is 0. The number of benzene rings is 1. The number of para-hydroxylation sites is 1. The van der Waals surface area contributed by atoms with Crippen molar-refractivity contribution in [1.82, 2.24) is 0 Å². The largest absolute Gasteiger partial charge is 2.00 e. The minimum absolute atomic E-state index is 0. The van der Waals surface area contributed by atoms with Crippen molar-refractivity contribution >= 4 is 23.1 Å². The fourth-order valence-corrected chi connectivity index (χ4v) is 1.81. The second-order valence-corrected chi connectivity index (χ2v) is 3.60. The molecular weight excluding hydrogens is 264 g/mol. The van der Waals surface area contributed by atoms with Crippen LogP contribution < -0.4 is 21.7 Å². The van der Waals surface area contributed by atoms with Gasteiger partial charge in [0.1, 0.15) is 0 Å². The molecule has 0 amide bonds. The first kappa shape index (κ1) is 15.3. The molecule has 0 N–H and O–H groups in total. The Morgan fingerprint density at radius 3 is 2.47 bits per heavy atom. The molecule has 0 atom stereocenters. The Morgan fingerprint density at radius 2 is 1.87 bits per heavy atom. The van der Waals surface area contributed by atoms with Crippen molar-refractivity contribution in [2.45, 2.75) is 38.2 Å². The molecule has 0 saturated heterocycles. The van der Waals surface area contributed by atoms with Crippen molar-refractivity contribution in [2.24, 2.45) is 0 Å². The Labute approximate surface area is 119 Å². The van der Waals surface area contributed by atoms with Gasteiger partial charge in [0.15, 0.2) is 0 Å². The quantitative estimate of drug-likeness (QED) is 0.539. The number of halogens is 1. The van der Waals surface area contributed by atoms with Gasteiger partial charge in [0.2, 0.25) is 0 Å². The summed E-state index contributed by atoms with van der Waals surface area (Å²) >= 11 is 0. The minimum atomic E-state index is 0. The van der Waals surface area contributed by atoms with E-state index in [1.807, 2.05) is 24.3 Å². The molecule has 0 aliphatic heterocycles. The molecule has 0 aromatic heterocycles. The zero-order chi connectivity index (χ0) is 8.93. The number of hydrogen-bond donors (Lipinski definition) is 0. The Morgan fingerprint density at radius 1 is 1.13 bits per heavy atom. The van der Waals surface area contributed by atoms with Crippen molar-refractivity contribution < 1.29 is 21.7 Å². The summed E-state index contributed by atoms with van der Waals surface area (Å²) in [7, 11) is 0. The average Bonchev–Trinajstić information content (AvgIpc) is 2.21. The maximum absolute atomic E-state index is 5.80. The van der Waals surface area contributed by atoms with Crippen LogP contribution in [0, 0.1) is 6.07 Å². The van der Waals surface area contributed by atoms with E-state index in [1.54, 1.807) is 0 Å². The molecule has 1 nitrogen and oxygen atoms in total. The minimum Gasteiger partial charge on any atom is -1.00 e. The molecule has 0 bridgehead atoms. The van der Waals surface area contributed by atoms with E-state index in [9.17, 15) is 0 Å². The summed E-state index contributed by atoms with van der Waals surface area (Å²) in [6.07, 6.45) is 6.87. The molecule has 1 aliphatic carbocycles. The number of ether oxygens (including phenoxy) is 1. The van der Waals surface area contributed by atoms with E-state index < -0.39 is 0 Å². The summed E-state index contributed by atoms with van der Waals surface area (Å²) in [6, 6.07) is 10.9. The molecule has 1 aromatic rings. The molecule has 1 aromatic carbocycles. The molecule has 0 radical (unpaired) electrons. The topological polar surface area (TPSA) is 9.23 Å². The van der Waals surface area contributed by atoms with Crippen molar-refractivity contribution in [3.8, 4) is 5.75 Å². The van der Waals surface area contributed by atoms with Gasteiger partial charge in [0.25, 0.3) is 0 Å². The first-order chi connectivity index (χ1) is 6.45. The fourth-order valence-electron chi connectivity index (χ4n) is 1.81. The maximum atomic E-state index is 5.80. The van der Waals surface area contributed by atoms with Crippen molar-refractivity contribution in [3.63, 3.8) is 0 Å². The molecule has 15 heavy (non-hydrogen) atoms. The standard InChI is InChI=1S/C12H15O.BrH.Mg/c1-3-7-11(8-4-1)13-12-9-5-2-6-10-12;;/h1,3-4,7,12H,2,5-6,9-10H2;1H;/q-1;;+2/p-1. The summed E-state index contributed by atoms with van der Waals surface area (Å²) in [5.74, 6) is 0.898. The van der Waals surface area contributed by atoms with E-state index >= 15 is 0 Å². The molecule has 78 valence electrons. The van der Waals surface area contributed by atoms with Gasteiger partial charge in [-0.15, -0.1) is 12.1 Å². The third kappa shape index (κ3) is 5.23. The Hall–Kier alpha value is 0.266. The first-order valence-corrected chi connectivity index (χ1v) is 5.08. The molecule has 1 saturated carbocycles. The van der Waals surface area contributed by atoms with E-state index in [-0.39, 0.29) is 40.0 Å². The van der Waals surface area contributed by atoms with E-state index in [1.165, 1.54) is 32.1 Å². The Balaban J connectivity index is 0.000000980. The van der Waals surface area contributed by atoms with E-state index in [0.717, 1.165) is 5.75 Å². The predicted octanol–water partition coefficient (Wildman–Crippen LogP) is -0.179. The van der Waals surface area contributed by atoms with Crippen LogP contribution in [0.15, 0.2) is 24.3 Å². The van der Waals surface area contributed by atoms with E-state index in [2.05, 4.69) is 6.07 Å². The van der Waals surface area contributed by atoms with Crippen LogP contribution in [-0.2, 0) is 0 Å². The van der Waals surface area contributed by atoms with Gasteiger partial charge in [-0.3, -0.25) is 0 Å². The smallest absolute Gasteiger partial charge is 1.00 e. The van der Waals surface area contributed by atoms with Gasteiger partial charge in [0, 0.05) is 5.75 Å². The van der Waals surface area contributed by atoms with Crippen LogP contribution >= 0.6 is 0 Å². The second kappa shape index (κ2) is 8.42. The number of hydrogen-bond acceptors (Lipinski definition) is 1. The summed E-state index contributed by atoms with van der Waals surface area (Å²) in [5.41, 5.74) is 0. The molecule has 0 heterocycles. The Kier molecular flexibility index (Phi) is 8.57. The third-order valence-electron chi connectivity index (χ3n) is 2.53. The van der Waals surface area contributed by atoms with Gasteiger partial charge in [-0.25, -0.2) is 0 Å². The van der Waals surface area contributed by atoms with Gasteiger partial charge in [-0.2, -0.15) is 18.2 Å². The summed E-state index contributed by atoms with van der Waals surface area (Å²) < 4.78 is 5.80. The monoisotopic (exact) mass is 278 g/mol. The normalized spacial score (nSPS) is 16.0. The summed E-state index contributed by atoms with van der Waals surface area (Å²) in [6.45, 7) is 0. The zero-order valence-electron chi connectivity index (χ0n) is 8.92. The SMILES string of the molecule is [Br-].[Mg+2].[c-]1ccccc1OC1CCCCC1. The molecule has 1 fully saturated rings. The molecule has 1 aliphatic rings.